The molecule has 0 saturated carbocycles. The number of rotatable bonds is 5. The molecule has 0 fully saturated rings. The molecule has 3 rings (SSSR count). The molecule has 1 heterocycles. The molecule has 0 aromatic heterocycles. The molecule has 5 heteroatoms. The molecule has 0 aliphatic carbocycles. The van der Waals surface area contributed by atoms with Crippen LogP contribution in [-0.2, 0) is 4.79 Å². The average molecular weight is 403 g/mol. The molecule has 1 aliphatic rings. The van der Waals surface area contributed by atoms with E-state index in [1.165, 1.54) is 18.7 Å². The van der Waals surface area contributed by atoms with Gasteiger partial charge in [0.2, 0.25) is 0 Å². The number of benzene rings is 2. The van der Waals surface area contributed by atoms with E-state index in [0.29, 0.717) is 21.9 Å². The number of thioether (sulfide) groups is 1. The first-order valence-corrected chi connectivity index (χ1v) is 10.4. The number of aliphatic imine (C=N–C) groups is 1. The number of aryl methyl sites for hydroxylation is 1. The zero-order valence-corrected chi connectivity index (χ0v) is 17.5. The predicted molar refractivity (Wildman–Crippen MR) is 117 cm³/mol. The SMILES string of the molecule is CC(=O)C1=C(C)N=C(SCC(=O)c2ccccc2)C(C#N)[C@H]1c1cccc(C)c1. The van der Waals surface area contributed by atoms with E-state index in [9.17, 15) is 14.9 Å². The summed E-state index contributed by atoms with van der Waals surface area (Å²) in [4.78, 5) is 29.5. The Hall–Kier alpha value is -2.97. The molecular formula is C24H22N2O2S. The Morgan fingerprint density at radius 1 is 1.10 bits per heavy atom. The van der Waals surface area contributed by atoms with Gasteiger partial charge in [0.1, 0.15) is 5.92 Å². The van der Waals surface area contributed by atoms with Crippen molar-refractivity contribution in [2.24, 2.45) is 10.9 Å². The van der Waals surface area contributed by atoms with E-state index < -0.39 is 5.92 Å². The van der Waals surface area contributed by atoms with Gasteiger partial charge in [0.05, 0.1) is 16.9 Å². The van der Waals surface area contributed by atoms with Crippen LogP contribution in [0.2, 0.25) is 0 Å². The maximum Gasteiger partial charge on any atom is 0.173 e. The standard InChI is InChI=1S/C24H22N2O2S/c1-15-8-7-11-19(12-15)23-20(13-25)24(26-16(2)22(23)17(3)27)29-14-21(28)18-9-5-4-6-10-18/h4-12,20,23H,14H2,1-3H3/t20?,23-/m1/s1. The molecule has 0 N–H and O–H groups in total. The van der Waals surface area contributed by atoms with Gasteiger partial charge in [0.25, 0.3) is 0 Å². The summed E-state index contributed by atoms with van der Waals surface area (Å²) in [6, 6.07) is 19.3. The normalized spacial score (nSPS) is 18.8. The first kappa shape index (κ1) is 20.8. The molecular weight excluding hydrogens is 380 g/mol. The van der Waals surface area contributed by atoms with Crippen LogP contribution < -0.4 is 0 Å². The molecule has 2 atom stereocenters. The highest BCUT2D eigenvalue weighted by atomic mass is 32.2. The average Bonchev–Trinajstić information content (AvgIpc) is 2.71. The van der Waals surface area contributed by atoms with Gasteiger partial charge in [0, 0.05) is 22.8 Å². The number of nitrogens with zero attached hydrogens (tertiary/aromatic N) is 2. The number of hydrogen-bond donors (Lipinski definition) is 0. The molecule has 146 valence electrons. The first-order chi connectivity index (χ1) is 13.9. The van der Waals surface area contributed by atoms with E-state index in [1.54, 1.807) is 19.1 Å². The summed E-state index contributed by atoms with van der Waals surface area (Å²) in [6.07, 6.45) is 0. The second-order valence-electron chi connectivity index (χ2n) is 7.08. The van der Waals surface area contributed by atoms with Crippen molar-refractivity contribution in [2.75, 3.05) is 5.75 Å². The van der Waals surface area contributed by atoms with Crippen LogP contribution in [-0.4, -0.2) is 22.4 Å². The van der Waals surface area contributed by atoms with Gasteiger partial charge < -0.3 is 0 Å². The highest BCUT2D eigenvalue weighted by molar-refractivity contribution is 8.14. The van der Waals surface area contributed by atoms with Gasteiger partial charge in [-0.25, -0.2) is 4.99 Å². The second kappa shape index (κ2) is 9.02. The molecule has 0 amide bonds. The van der Waals surface area contributed by atoms with Crippen molar-refractivity contribution in [3.63, 3.8) is 0 Å². The second-order valence-corrected chi connectivity index (χ2v) is 8.08. The van der Waals surface area contributed by atoms with Crippen LogP contribution in [0.5, 0.6) is 0 Å². The number of ketones is 2. The molecule has 29 heavy (non-hydrogen) atoms. The van der Waals surface area contributed by atoms with Crippen LogP contribution in [0, 0.1) is 24.2 Å². The molecule has 0 radical (unpaired) electrons. The van der Waals surface area contributed by atoms with E-state index in [1.807, 2.05) is 49.4 Å². The monoisotopic (exact) mass is 402 g/mol. The number of carbonyl (C=O) groups is 2. The van der Waals surface area contributed by atoms with E-state index in [2.05, 4.69) is 11.1 Å². The van der Waals surface area contributed by atoms with E-state index in [4.69, 9.17) is 0 Å². The van der Waals surface area contributed by atoms with Crippen LogP contribution in [0.15, 0.2) is 70.9 Å². The van der Waals surface area contributed by atoms with Crippen LogP contribution in [0.1, 0.15) is 41.3 Å². The number of hydrogen-bond acceptors (Lipinski definition) is 5. The third-order valence-corrected chi connectivity index (χ3v) is 5.99. The van der Waals surface area contributed by atoms with E-state index in [0.717, 1.165) is 11.1 Å². The van der Waals surface area contributed by atoms with Crippen LogP contribution >= 0.6 is 11.8 Å². The van der Waals surface area contributed by atoms with Crippen molar-refractivity contribution < 1.29 is 9.59 Å². The molecule has 0 spiro atoms. The van der Waals surface area contributed by atoms with Crippen molar-refractivity contribution in [1.82, 2.24) is 0 Å². The summed E-state index contributed by atoms with van der Waals surface area (Å²) in [5.41, 5.74) is 3.81. The zero-order valence-electron chi connectivity index (χ0n) is 16.7. The lowest BCUT2D eigenvalue weighted by molar-refractivity contribution is -0.114. The fraction of sp³-hybridized carbons (Fsp3) is 0.250. The summed E-state index contributed by atoms with van der Waals surface area (Å²) in [7, 11) is 0. The van der Waals surface area contributed by atoms with Gasteiger partial charge >= 0.3 is 0 Å². The lowest BCUT2D eigenvalue weighted by Crippen LogP contribution is -2.28. The Morgan fingerprint density at radius 2 is 1.83 bits per heavy atom. The van der Waals surface area contributed by atoms with Gasteiger partial charge in [-0.2, -0.15) is 5.26 Å². The smallest absolute Gasteiger partial charge is 0.173 e. The highest BCUT2D eigenvalue weighted by Crippen LogP contribution is 2.41. The van der Waals surface area contributed by atoms with Gasteiger partial charge in [-0.3, -0.25) is 9.59 Å². The van der Waals surface area contributed by atoms with Gasteiger partial charge in [-0.15, -0.1) is 11.8 Å². The highest BCUT2D eigenvalue weighted by Gasteiger charge is 2.37. The largest absolute Gasteiger partial charge is 0.295 e. The Balaban J connectivity index is 1.95. The van der Waals surface area contributed by atoms with Crippen molar-refractivity contribution in [3.8, 4) is 6.07 Å². The lowest BCUT2D eigenvalue weighted by atomic mass is 9.77. The van der Waals surface area contributed by atoms with Gasteiger partial charge in [0.15, 0.2) is 11.6 Å². The maximum atomic E-state index is 12.5. The minimum atomic E-state index is -0.604. The number of carbonyl (C=O) groups excluding carboxylic acids is 2. The fourth-order valence-electron chi connectivity index (χ4n) is 3.62. The third kappa shape index (κ3) is 4.55. The number of nitriles is 1. The Bertz CT molecular complexity index is 1050. The molecule has 0 bridgehead atoms. The number of allylic oxidation sites excluding steroid dienone is 2. The van der Waals surface area contributed by atoms with Crippen molar-refractivity contribution in [3.05, 3.63) is 82.6 Å². The van der Waals surface area contributed by atoms with E-state index in [-0.39, 0.29) is 23.2 Å². The summed E-state index contributed by atoms with van der Waals surface area (Å²) >= 11 is 1.29. The van der Waals surface area contributed by atoms with Crippen LogP contribution in [0.4, 0.5) is 0 Å². The van der Waals surface area contributed by atoms with Crippen LogP contribution in [0.25, 0.3) is 0 Å². The maximum absolute atomic E-state index is 12.5. The molecule has 1 aliphatic heterocycles. The van der Waals surface area contributed by atoms with E-state index >= 15 is 0 Å². The van der Waals surface area contributed by atoms with Crippen molar-refractivity contribution in [2.45, 2.75) is 26.7 Å². The Labute approximate surface area is 175 Å². The molecule has 1 unspecified atom stereocenters. The minimum absolute atomic E-state index is 0.0129. The molecule has 2 aromatic rings. The summed E-state index contributed by atoms with van der Waals surface area (Å²) < 4.78 is 0. The fourth-order valence-corrected chi connectivity index (χ4v) is 4.64. The number of Topliss-reactive ketones (excluding diaryl/α,β-unsaturated/α-hetero) is 2. The first-order valence-electron chi connectivity index (χ1n) is 9.40. The minimum Gasteiger partial charge on any atom is -0.295 e. The zero-order chi connectivity index (χ0) is 21.0. The summed E-state index contributed by atoms with van der Waals surface area (Å²) in [5.74, 6) is -0.884. The summed E-state index contributed by atoms with van der Waals surface area (Å²) in [5, 5.41) is 10.6. The van der Waals surface area contributed by atoms with Crippen molar-refractivity contribution >= 4 is 28.4 Å². The Kier molecular flexibility index (Phi) is 6.46. The molecule has 4 nitrogen and oxygen atoms in total. The molecule has 2 aromatic carbocycles. The predicted octanol–water partition coefficient (Wildman–Crippen LogP) is 5.11. The summed E-state index contributed by atoms with van der Waals surface area (Å²) in [6.45, 7) is 5.30. The van der Waals surface area contributed by atoms with Gasteiger partial charge in [-0.1, -0.05) is 60.2 Å². The lowest BCUT2D eigenvalue weighted by Gasteiger charge is -2.30. The third-order valence-electron chi connectivity index (χ3n) is 4.94. The van der Waals surface area contributed by atoms with Crippen LogP contribution in [0.3, 0.4) is 0 Å². The van der Waals surface area contributed by atoms with Gasteiger partial charge in [-0.05, 0) is 26.3 Å². The Morgan fingerprint density at radius 3 is 2.45 bits per heavy atom. The quantitative estimate of drug-likeness (QED) is 0.652. The molecule has 0 saturated heterocycles. The topological polar surface area (TPSA) is 70.3 Å². The van der Waals surface area contributed by atoms with Crippen molar-refractivity contribution in [1.29, 1.82) is 5.26 Å².